The molecule has 0 aromatic heterocycles. The Labute approximate surface area is 235 Å². The minimum Gasteiger partial charge on any atom is -0.481 e. The van der Waals surface area contributed by atoms with Crippen molar-refractivity contribution in [1.29, 1.82) is 0 Å². The summed E-state index contributed by atoms with van der Waals surface area (Å²) in [7, 11) is 2.05. The normalized spacial score (nSPS) is 17.6. The lowest BCUT2D eigenvalue weighted by Crippen LogP contribution is -2.47. The van der Waals surface area contributed by atoms with E-state index in [4.69, 9.17) is 10.1 Å². The van der Waals surface area contributed by atoms with Crippen LogP contribution >= 0.6 is 15.9 Å². The Hall–Kier alpha value is -3.82. The lowest BCUT2D eigenvalue weighted by molar-refractivity contribution is -0.137. The van der Waals surface area contributed by atoms with Crippen LogP contribution in [0.2, 0.25) is 0 Å². The van der Waals surface area contributed by atoms with E-state index in [9.17, 15) is 14.4 Å². The smallest absolute Gasteiger partial charge is 0.303 e. The molecule has 2 aliphatic heterocycles. The highest BCUT2D eigenvalue weighted by atomic mass is 79.9. The highest BCUT2D eigenvalue weighted by Gasteiger charge is 2.35. The van der Waals surface area contributed by atoms with Crippen LogP contribution in [-0.4, -0.2) is 71.6 Å². The number of piperazine rings is 1. The molecule has 1 saturated heterocycles. The number of nitrogens with one attached hydrogen (secondary N) is 1. The molecule has 2 aliphatic rings. The Morgan fingerprint density at radius 3 is 2.46 bits per heavy atom. The molecular weight excluding hydrogens is 560 g/mol. The van der Waals surface area contributed by atoms with Crippen LogP contribution in [-0.2, 0) is 16.0 Å². The second-order valence-corrected chi connectivity index (χ2v) is 10.8. The summed E-state index contributed by atoms with van der Waals surface area (Å²) < 4.78 is 0.858. The fraction of sp³-hybridized carbons (Fsp3) is 0.267. The number of benzene rings is 3. The first kappa shape index (κ1) is 26.8. The number of carbonyl (C=O) groups excluding carboxylic acids is 2. The average molecular weight is 589 g/mol. The predicted octanol–water partition coefficient (Wildman–Crippen LogP) is 4.71. The van der Waals surface area contributed by atoms with Gasteiger partial charge in [-0.1, -0.05) is 40.2 Å². The number of carbonyl (C=O) groups is 3. The molecule has 1 atom stereocenters. The number of carboxylic acid groups (broad SMARTS) is 1. The highest BCUT2D eigenvalue weighted by molar-refractivity contribution is 9.10. The third kappa shape index (κ3) is 6.10. The first-order valence-electron chi connectivity index (χ1n) is 12.9. The summed E-state index contributed by atoms with van der Waals surface area (Å²) in [5, 5.41) is 12.1. The monoisotopic (exact) mass is 588 g/mol. The number of rotatable bonds is 7. The fourth-order valence-electron chi connectivity index (χ4n) is 4.95. The summed E-state index contributed by atoms with van der Waals surface area (Å²) in [6.07, 6.45) is 0.388. The fourth-order valence-corrected chi connectivity index (χ4v) is 5.31. The van der Waals surface area contributed by atoms with Crippen molar-refractivity contribution < 1.29 is 19.5 Å². The van der Waals surface area contributed by atoms with Gasteiger partial charge < -0.3 is 20.2 Å². The Morgan fingerprint density at radius 1 is 1.00 bits per heavy atom. The van der Waals surface area contributed by atoms with E-state index in [2.05, 4.69) is 33.2 Å². The van der Waals surface area contributed by atoms with Crippen LogP contribution in [0.15, 0.2) is 76.2 Å². The SMILES string of the molecule is CN1CCN(C(=O)c2ccc(N=C(c3cccc(CCC(=O)O)c3)C3C(=O)Nc4cc(Br)ccc43)cc2)CC1. The molecule has 0 spiro atoms. The van der Waals surface area contributed by atoms with Gasteiger partial charge >= 0.3 is 5.97 Å². The quantitative estimate of drug-likeness (QED) is 0.389. The van der Waals surface area contributed by atoms with Gasteiger partial charge in [0.05, 0.1) is 11.4 Å². The van der Waals surface area contributed by atoms with Gasteiger partial charge in [0, 0.05) is 48.3 Å². The number of hydrogen-bond donors (Lipinski definition) is 2. The van der Waals surface area contributed by atoms with Crippen molar-refractivity contribution in [2.24, 2.45) is 4.99 Å². The predicted molar refractivity (Wildman–Crippen MR) is 154 cm³/mol. The zero-order chi connectivity index (χ0) is 27.5. The topological polar surface area (TPSA) is 102 Å². The Bertz CT molecular complexity index is 1450. The van der Waals surface area contributed by atoms with E-state index in [1.165, 1.54) is 0 Å². The summed E-state index contributed by atoms with van der Waals surface area (Å²) >= 11 is 3.47. The van der Waals surface area contributed by atoms with Crippen molar-refractivity contribution in [2.75, 3.05) is 38.5 Å². The van der Waals surface area contributed by atoms with Crippen molar-refractivity contribution >= 4 is 50.8 Å². The summed E-state index contributed by atoms with van der Waals surface area (Å²) in [5.74, 6) is -1.69. The third-order valence-electron chi connectivity index (χ3n) is 7.12. The summed E-state index contributed by atoms with van der Waals surface area (Å²) in [6, 6.07) is 20.3. The molecule has 1 fully saturated rings. The summed E-state index contributed by atoms with van der Waals surface area (Å²) in [5.41, 5.74) is 4.92. The van der Waals surface area contributed by atoms with Crippen LogP contribution in [0.25, 0.3) is 0 Å². The molecule has 2 amide bonds. The second kappa shape index (κ2) is 11.5. The van der Waals surface area contributed by atoms with Gasteiger partial charge in [-0.15, -0.1) is 0 Å². The van der Waals surface area contributed by atoms with E-state index in [1.54, 1.807) is 24.3 Å². The molecule has 2 N–H and O–H groups in total. The van der Waals surface area contributed by atoms with Crippen LogP contribution in [0.5, 0.6) is 0 Å². The maximum absolute atomic E-state index is 13.3. The van der Waals surface area contributed by atoms with Crippen molar-refractivity contribution in [2.45, 2.75) is 18.8 Å². The molecule has 9 heteroatoms. The van der Waals surface area contributed by atoms with Crippen molar-refractivity contribution in [1.82, 2.24) is 9.80 Å². The van der Waals surface area contributed by atoms with E-state index in [1.807, 2.05) is 47.4 Å². The van der Waals surface area contributed by atoms with Crippen LogP contribution in [0.1, 0.15) is 39.4 Å². The molecular formula is C30H29BrN4O4. The highest BCUT2D eigenvalue weighted by Crippen LogP contribution is 2.38. The Morgan fingerprint density at radius 2 is 1.74 bits per heavy atom. The standard InChI is InChI=1S/C30H29BrN4O4/c1-34-13-15-35(16-14-34)30(39)20-6-9-23(10-7-20)32-28(21-4-2-3-19(17-21)5-12-26(36)37)27-24-11-8-22(31)18-25(24)33-29(27)38/h2-4,6-11,17-18,27H,5,12-16H2,1H3,(H,33,38)(H,36,37). The molecule has 2 heterocycles. The van der Waals surface area contributed by atoms with E-state index >= 15 is 0 Å². The van der Waals surface area contributed by atoms with E-state index in [0.717, 1.165) is 39.9 Å². The van der Waals surface area contributed by atoms with Crippen LogP contribution in [0.3, 0.4) is 0 Å². The molecule has 8 nitrogen and oxygen atoms in total. The molecule has 1 unspecified atom stereocenters. The molecule has 200 valence electrons. The maximum Gasteiger partial charge on any atom is 0.303 e. The minimum absolute atomic E-state index is 0.000315. The minimum atomic E-state index is -0.866. The number of halogens is 1. The number of likely N-dealkylation sites (N-methyl/N-ethyl adjacent to an activating group) is 1. The zero-order valence-electron chi connectivity index (χ0n) is 21.6. The number of amides is 2. The number of anilines is 1. The molecule has 3 aromatic carbocycles. The number of hydrogen-bond acceptors (Lipinski definition) is 5. The van der Waals surface area contributed by atoms with Gasteiger partial charge in [-0.2, -0.15) is 0 Å². The number of aliphatic carboxylic acids is 1. The van der Waals surface area contributed by atoms with Crippen LogP contribution < -0.4 is 5.32 Å². The number of fused-ring (bicyclic) bond motifs is 1. The lowest BCUT2D eigenvalue weighted by Gasteiger charge is -2.32. The van der Waals surface area contributed by atoms with Gasteiger partial charge in [0.25, 0.3) is 5.91 Å². The van der Waals surface area contributed by atoms with Gasteiger partial charge in [0.1, 0.15) is 5.92 Å². The number of nitrogens with zero attached hydrogens (tertiary/aromatic N) is 3. The van der Waals surface area contributed by atoms with Gasteiger partial charge in [0.15, 0.2) is 0 Å². The Kier molecular flexibility index (Phi) is 7.90. The molecule has 0 bridgehead atoms. The average Bonchev–Trinajstić information content (AvgIpc) is 3.25. The van der Waals surface area contributed by atoms with E-state index < -0.39 is 11.9 Å². The van der Waals surface area contributed by atoms with E-state index in [0.29, 0.717) is 36.5 Å². The largest absolute Gasteiger partial charge is 0.481 e. The first-order valence-corrected chi connectivity index (χ1v) is 13.7. The van der Waals surface area contributed by atoms with Gasteiger partial charge in [-0.25, -0.2) is 0 Å². The lowest BCUT2D eigenvalue weighted by atomic mass is 9.89. The van der Waals surface area contributed by atoms with Crippen molar-refractivity contribution in [3.8, 4) is 0 Å². The molecule has 39 heavy (non-hydrogen) atoms. The summed E-state index contributed by atoms with van der Waals surface area (Å²) in [4.78, 5) is 46.4. The van der Waals surface area contributed by atoms with Gasteiger partial charge in [0.2, 0.25) is 5.91 Å². The second-order valence-electron chi connectivity index (χ2n) is 9.89. The first-order chi connectivity index (χ1) is 18.8. The number of aliphatic imine (C=N–C) groups is 1. The van der Waals surface area contributed by atoms with Gasteiger partial charge in [-0.3, -0.25) is 19.4 Å². The maximum atomic E-state index is 13.3. The third-order valence-corrected chi connectivity index (χ3v) is 7.62. The zero-order valence-corrected chi connectivity index (χ0v) is 23.1. The number of carboxylic acids is 1. The van der Waals surface area contributed by atoms with Crippen molar-refractivity contribution in [3.63, 3.8) is 0 Å². The van der Waals surface area contributed by atoms with Crippen LogP contribution in [0.4, 0.5) is 11.4 Å². The summed E-state index contributed by atoms with van der Waals surface area (Å²) in [6.45, 7) is 3.10. The molecule has 0 radical (unpaired) electrons. The molecule has 5 rings (SSSR count). The van der Waals surface area contributed by atoms with Crippen LogP contribution in [0, 0.1) is 0 Å². The molecule has 0 saturated carbocycles. The van der Waals surface area contributed by atoms with E-state index in [-0.39, 0.29) is 18.2 Å². The molecule has 3 aromatic rings. The Balaban J connectivity index is 1.50. The molecule has 0 aliphatic carbocycles. The number of aryl methyl sites for hydroxylation is 1. The van der Waals surface area contributed by atoms with Crippen molar-refractivity contribution in [3.05, 3.63) is 93.5 Å². The van der Waals surface area contributed by atoms with Gasteiger partial charge in [-0.05, 0) is 72.6 Å².